The molecule has 0 spiro atoms. The highest BCUT2D eigenvalue weighted by Gasteiger charge is 2.13. The first kappa shape index (κ1) is 12.2. The third kappa shape index (κ3) is 2.47. The van der Waals surface area contributed by atoms with Gasteiger partial charge in [0.2, 0.25) is 5.12 Å². The van der Waals surface area contributed by atoms with Crippen LogP contribution in [0.25, 0.3) is 11.0 Å². The highest BCUT2D eigenvalue weighted by molar-refractivity contribution is 8.14. The van der Waals surface area contributed by atoms with Crippen LogP contribution in [0.5, 0.6) is 5.75 Å². The molecule has 0 saturated carbocycles. The molecule has 3 aromatic rings. The van der Waals surface area contributed by atoms with Gasteiger partial charge < -0.3 is 9.72 Å². The lowest BCUT2D eigenvalue weighted by Crippen LogP contribution is -1.98. The van der Waals surface area contributed by atoms with Gasteiger partial charge in [-0.2, -0.15) is 0 Å². The van der Waals surface area contributed by atoms with E-state index >= 15 is 0 Å². The number of aromatic nitrogens is 3. The van der Waals surface area contributed by atoms with Crippen LogP contribution in [0.4, 0.5) is 0 Å². The summed E-state index contributed by atoms with van der Waals surface area (Å²) < 4.78 is 5.07. The normalized spacial score (nSPS) is 10.8. The summed E-state index contributed by atoms with van der Waals surface area (Å²) in [7, 11) is 1.55. The molecule has 7 heteroatoms. The van der Waals surface area contributed by atoms with Crippen molar-refractivity contribution in [3.05, 3.63) is 34.8 Å². The Morgan fingerprint density at radius 1 is 1.47 bits per heavy atom. The number of nitrogens with zero attached hydrogens (tertiary/aromatic N) is 2. The van der Waals surface area contributed by atoms with E-state index in [-0.39, 0.29) is 5.12 Å². The van der Waals surface area contributed by atoms with E-state index < -0.39 is 0 Å². The molecule has 3 aromatic heterocycles. The van der Waals surface area contributed by atoms with Crippen LogP contribution in [0.3, 0.4) is 0 Å². The number of pyridine rings is 1. The summed E-state index contributed by atoms with van der Waals surface area (Å²) >= 11 is 2.60. The zero-order valence-corrected chi connectivity index (χ0v) is 11.5. The maximum Gasteiger partial charge on any atom is 0.245 e. The van der Waals surface area contributed by atoms with Crippen molar-refractivity contribution < 1.29 is 9.53 Å². The van der Waals surface area contributed by atoms with Crippen molar-refractivity contribution in [3.8, 4) is 5.75 Å². The first-order valence-electron chi connectivity index (χ1n) is 5.40. The Labute approximate surface area is 117 Å². The molecule has 0 radical (unpaired) electrons. The minimum atomic E-state index is -0.168. The second-order valence-electron chi connectivity index (χ2n) is 3.68. The smallest absolute Gasteiger partial charge is 0.245 e. The fourth-order valence-electron chi connectivity index (χ4n) is 1.56. The van der Waals surface area contributed by atoms with E-state index in [1.165, 1.54) is 0 Å². The predicted molar refractivity (Wildman–Crippen MR) is 74.9 cm³/mol. The zero-order chi connectivity index (χ0) is 13.2. The maximum absolute atomic E-state index is 12.1. The Morgan fingerprint density at radius 2 is 2.37 bits per heavy atom. The van der Waals surface area contributed by atoms with Crippen molar-refractivity contribution in [2.24, 2.45) is 0 Å². The van der Waals surface area contributed by atoms with Crippen molar-refractivity contribution in [1.82, 2.24) is 15.0 Å². The monoisotopic (exact) mass is 291 g/mol. The third-order valence-electron chi connectivity index (χ3n) is 2.47. The lowest BCUT2D eigenvalue weighted by atomic mass is 10.3. The molecular formula is C12H9N3O2S2. The van der Waals surface area contributed by atoms with Crippen molar-refractivity contribution in [1.29, 1.82) is 0 Å². The van der Waals surface area contributed by atoms with E-state index in [0.29, 0.717) is 16.6 Å². The van der Waals surface area contributed by atoms with Crippen LogP contribution in [0.1, 0.15) is 10.5 Å². The average Bonchev–Trinajstić information content (AvgIpc) is 2.99. The van der Waals surface area contributed by atoms with Gasteiger partial charge in [-0.25, -0.2) is 4.98 Å². The number of methoxy groups -OCH3 is 1. The molecule has 96 valence electrons. The molecule has 0 aliphatic rings. The quantitative estimate of drug-likeness (QED) is 0.751. The molecule has 0 saturated heterocycles. The summed E-state index contributed by atoms with van der Waals surface area (Å²) in [6.45, 7) is 0. The molecule has 3 rings (SSSR count). The summed E-state index contributed by atoms with van der Waals surface area (Å²) in [5, 5.41) is 4.30. The Balaban J connectivity index is 1.82. The van der Waals surface area contributed by atoms with E-state index in [4.69, 9.17) is 4.74 Å². The molecule has 0 atom stereocenters. The van der Waals surface area contributed by atoms with E-state index in [1.807, 2.05) is 10.8 Å². The van der Waals surface area contributed by atoms with Crippen LogP contribution >= 0.6 is 23.1 Å². The van der Waals surface area contributed by atoms with Gasteiger partial charge in [0.05, 0.1) is 12.6 Å². The lowest BCUT2D eigenvalue weighted by molar-refractivity contribution is 0.108. The van der Waals surface area contributed by atoms with Gasteiger partial charge in [0, 0.05) is 23.0 Å². The molecule has 1 N–H and O–H groups in total. The number of carbonyl (C=O) groups is 1. The number of hydrogen-bond donors (Lipinski definition) is 1. The van der Waals surface area contributed by atoms with Crippen LogP contribution in [0, 0.1) is 0 Å². The SMILES string of the molecule is COc1ccnc(C(=O)Sc2nc3cscc3[nH]2)c1. The number of rotatable bonds is 3. The molecule has 0 amide bonds. The maximum atomic E-state index is 12.1. The molecule has 5 nitrogen and oxygen atoms in total. The number of aromatic amines is 1. The van der Waals surface area contributed by atoms with E-state index in [2.05, 4.69) is 15.0 Å². The number of nitrogens with one attached hydrogen (secondary N) is 1. The number of hydrogen-bond acceptors (Lipinski definition) is 6. The molecule has 19 heavy (non-hydrogen) atoms. The van der Waals surface area contributed by atoms with Gasteiger partial charge in [-0.3, -0.25) is 9.78 Å². The van der Waals surface area contributed by atoms with E-state index in [0.717, 1.165) is 22.8 Å². The molecule has 0 aliphatic carbocycles. The Hall–Kier alpha value is -1.86. The fourth-order valence-corrected chi connectivity index (χ4v) is 2.95. The number of thioether (sulfide) groups is 1. The summed E-state index contributed by atoms with van der Waals surface area (Å²) in [5.74, 6) is 0.610. The third-order valence-corrected chi connectivity index (χ3v) is 3.98. The average molecular weight is 291 g/mol. The highest BCUT2D eigenvalue weighted by atomic mass is 32.2. The number of fused-ring (bicyclic) bond motifs is 1. The molecule has 0 unspecified atom stereocenters. The summed E-state index contributed by atoms with van der Waals surface area (Å²) in [6, 6.07) is 3.31. The van der Waals surface area contributed by atoms with Gasteiger partial charge in [0.25, 0.3) is 0 Å². The molecule has 0 aromatic carbocycles. The number of carbonyl (C=O) groups excluding carboxylic acids is 1. The van der Waals surface area contributed by atoms with Crippen LogP contribution in [-0.4, -0.2) is 27.2 Å². The predicted octanol–water partition coefficient (Wildman–Crippen LogP) is 2.96. The van der Waals surface area contributed by atoms with Crippen LogP contribution < -0.4 is 4.74 Å². The molecule has 0 bridgehead atoms. The van der Waals surface area contributed by atoms with Crippen molar-refractivity contribution in [3.63, 3.8) is 0 Å². The Kier molecular flexibility index (Phi) is 3.22. The van der Waals surface area contributed by atoms with Gasteiger partial charge in [0.15, 0.2) is 5.16 Å². The van der Waals surface area contributed by atoms with Crippen molar-refractivity contribution in [2.75, 3.05) is 7.11 Å². The first-order valence-corrected chi connectivity index (χ1v) is 7.16. The van der Waals surface area contributed by atoms with Crippen molar-refractivity contribution >= 4 is 39.2 Å². The van der Waals surface area contributed by atoms with Gasteiger partial charge in [-0.05, 0) is 17.8 Å². The highest BCUT2D eigenvalue weighted by Crippen LogP contribution is 2.25. The fraction of sp³-hybridized carbons (Fsp3) is 0.0833. The second kappa shape index (κ2) is 5.02. The number of thiophene rings is 1. The van der Waals surface area contributed by atoms with Gasteiger partial charge >= 0.3 is 0 Å². The second-order valence-corrected chi connectivity index (χ2v) is 5.39. The number of imidazole rings is 1. The largest absolute Gasteiger partial charge is 0.497 e. The van der Waals surface area contributed by atoms with E-state index in [1.54, 1.807) is 36.8 Å². The molecule has 0 aliphatic heterocycles. The van der Waals surface area contributed by atoms with Crippen molar-refractivity contribution in [2.45, 2.75) is 5.16 Å². The first-order chi connectivity index (χ1) is 9.26. The zero-order valence-electron chi connectivity index (χ0n) is 9.91. The number of H-pyrrole nitrogens is 1. The lowest BCUT2D eigenvalue weighted by Gasteiger charge is -2.01. The van der Waals surface area contributed by atoms with Gasteiger partial charge in [-0.1, -0.05) is 0 Å². The Bertz CT molecular complexity index is 707. The van der Waals surface area contributed by atoms with Crippen LogP contribution in [-0.2, 0) is 0 Å². The molecule has 0 fully saturated rings. The van der Waals surface area contributed by atoms with Gasteiger partial charge in [-0.15, -0.1) is 11.3 Å². The topological polar surface area (TPSA) is 67.9 Å². The van der Waals surface area contributed by atoms with Crippen LogP contribution in [0.2, 0.25) is 0 Å². The molecular weight excluding hydrogens is 282 g/mol. The number of ether oxygens (including phenoxy) is 1. The molecule has 3 heterocycles. The van der Waals surface area contributed by atoms with E-state index in [9.17, 15) is 4.79 Å². The minimum absolute atomic E-state index is 0.168. The Morgan fingerprint density at radius 3 is 3.16 bits per heavy atom. The summed E-state index contributed by atoms with van der Waals surface area (Å²) in [4.78, 5) is 23.5. The summed E-state index contributed by atoms with van der Waals surface area (Å²) in [5.41, 5.74) is 2.17. The van der Waals surface area contributed by atoms with Crippen LogP contribution in [0.15, 0.2) is 34.2 Å². The standard InChI is InChI=1S/C12H9N3O2S2/c1-17-7-2-3-13-8(4-7)11(16)19-12-14-9-5-18-6-10(9)15-12/h2-6H,1H3,(H,14,15). The van der Waals surface area contributed by atoms with Gasteiger partial charge in [0.1, 0.15) is 17.0 Å². The minimum Gasteiger partial charge on any atom is -0.497 e. The summed E-state index contributed by atoms with van der Waals surface area (Å²) in [6.07, 6.45) is 1.55.